The predicted octanol–water partition coefficient (Wildman–Crippen LogP) is 3.69. The van der Waals surface area contributed by atoms with Gasteiger partial charge < -0.3 is 15.4 Å². The third-order valence-corrected chi connectivity index (χ3v) is 3.18. The van der Waals surface area contributed by atoms with Gasteiger partial charge in [0.25, 0.3) is 0 Å². The summed E-state index contributed by atoms with van der Waals surface area (Å²) in [4.78, 5) is 4.19. The van der Waals surface area contributed by atoms with Crippen molar-refractivity contribution in [1.29, 1.82) is 0 Å². The maximum Gasteiger partial charge on any atom is 0.191 e. The van der Waals surface area contributed by atoms with Crippen LogP contribution in [0.3, 0.4) is 0 Å². The zero-order valence-electron chi connectivity index (χ0n) is 13.0. The van der Waals surface area contributed by atoms with E-state index in [1.54, 1.807) is 7.05 Å². The molecule has 0 spiro atoms. The van der Waals surface area contributed by atoms with E-state index < -0.39 is 0 Å². The van der Waals surface area contributed by atoms with E-state index in [0.29, 0.717) is 17.6 Å². The SMILES string of the molecule is CCC(C)NC(=NC)NCC(C)Oc1ccc(Cl)cc1.I. The molecule has 0 aliphatic heterocycles. The second-order valence-electron chi connectivity index (χ2n) is 4.79. The van der Waals surface area contributed by atoms with Gasteiger partial charge >= 0.3 is 0 Å². The minimum atomic E-state index is 0. The van der Waals surface area contributed by atoms with E-state index in [4.69, 9.17) is 16.3 Å². The normalized spacial score (nSPS) is 13.9. The van der Waals surface area contributed by atoms with Crippen molar-refractivity contribution in [3.63, 3.8) is 0 Å². The quantitative estimate of drug-likeness (QED) is 0.415. The number of benzene rings is 1. The summed E-state index contributed by atoms with van der Waals surface area (Å²) in [5.41, 5.74) is 0. The molecule has 120 valence electrons. The van der Waals surface area contributed by atoms with Gasteiger partial charge in [-0.15, -0.1) is 24.0 Å². The van der Waals surface area contributed by atoms with Crippen molar-refractivity contribution in [1.82, 2.24) is 10.6 Å². The van der Waals surface area contributed by atoms with E-state index in [2.05, 4.69) is 29.5 Å². The first kappa shape index (κ1) is 20.3. The molecule has 1 rings (SSSR count). The van der Waals surface area contributed by atoms with Gasteiger partial charge in [0.05, 0.1) is 6.54 Å². The average molecular weight is 426 g/mol. The fraction of sp³-hybridized carbons (Fsp3) is 0.533. The van der Waals surface area contributed by atoms with Gasteiger partial charge in [-0.2, -0.15) is 0 Å². The van der Waals surface area contributed by atoms with Crippen molar-refractivity contribution < 1.29 is 4.74 Å². The van der Waals surface area contributed by atoms with E-state index in [1.807, 2.05) is 31.2 Å². The minimum Gasteiger partial charge on any atom is -0.489 e. The average Bonchev–Trinajstić information content (AvgIpc) is 2.45. The van der Waals surface area contributed by atoms with Crippen LogP contribution in [0.15, 0.2) is 29.3 Å². The Morgan fingerprint density at radius 3 is 2.43 bits per heavy atom. The summed E-state index contributed by atoms with van der Waals surface area (Å²) in [6.07, 6.45) is 1.09. The molecule has 0 bridgehead atoms. The highest BCUT2D eigenvalue weighted by atomic mass is 127. The Hall–Kier alpha value is -0.690. The van der Waals surface area contributed by atoms with Gasteiger partial charge in [-0.1, -0.05) is 18.5 Å². The molecule has 1 aromatic rings. The standard InChI is InChI=1S/C15H24ClN3O.HI/c1-5-11(2)19-15(17-4)18-10-12(3)20-14-8-6-13(16)7-9-14;/h6-9,11-12H,5,10H2,1-4H3,(H2,17,18,19);1H. The number of hydrogen-bond acceptors (Lipinski definition) is 2. The summed E-state index contributed by atoms with van der Waals surface area (Å²) in [7, 11) is 1.77. The van der Waals surface area contributed by atoms with Gasteiger partial charge in [-0.25, -0.2) is 0 Å². The molecule has 21 heavy (non-hydrogen) atoms. The van der Waals surface area contributed by atoms with Crippen LogP contribution in [0, 0.1) is 0 Å². The first-order valence-electron chi connectivity index (χ1n) is 6.94. The van der Waals surface area contributed by atoms with E-state index in [9.17, 15) is 0 Å². The lowest BCUT2D eigenvalue weighted by atomic mass is 10.3. The molecule has 0 fully saturated rings. The van der Waals surface area contributed by atoms with E-state index in [-0.39, 0.29) is 30.1 Å². The lowest BCUT2D eigenvalue weighted by Gasteiger charge is -2.19. The largest absolute Gasteiger partial charge is 0.489 e. The van der Waals surface area contributed by atoms with E-state index >= 15 is 0 Å². The van der Waals surface area contributed by atoms with Crippen LogP contribution in [-0.2, 0) is 0 Å². The summed E-state index contributed by atoms with van der Waals surface area (Å²) >= 11 is 5.84. The number of hydrogen-bond donors (Lipinski definition) is 2. The number of nitrogens with one attached hydrogen (secondary N) is 2. The van der Waals surface area contributed by atoms with Crippen LogP contribution < -0.4 is 15.4 Å². The molecule has 0 heterocycles. The van der Waals surface area contributed by atoms with Gasteiger partial charge in [0.1, 0.15) is 11.9 Å². The third kappa shape index (κ3) is 8.36. The highest BCUT2D eigenvalue weighted by molar-refractivity contribution is 14.0. The molecule has 0 saturated carbocycles. The van der Waals surface area contributed by atoms with Crippen molar-refractivity contribution in [3.05, 3.63) is 29.3 Å². The maximum absolute atomic E-state index is 5.84. The molecule has 6 heteroatoms. The van der Waals surface area contributed by atoms with Crippen LogP contribution in [-0.4, -0.2) is 31.7 Å². The highest BCUT2D eigenvalue weighted by Crippen LogP contribution is 2.16. The number of aliphatic imine (C=N–C) groups is 1. The first-order valence-corrected chi connectivity index (χ1v) is 7.32. The van der Waals surface area contributed by atoms with Gasteiger partial charge in [-0.3, -0.25) is 4.99 Å². The number of ether oxygens (including phenoxy) is 1. The zero-order valence-corrected chi connectivity index (χ0v) is 16.1. The Balaban J connectivity index is 0.00000400. The van der Waals surface area contributed by atoms with Crippen molar-refractivity contribution in [2.45, 2.75) is 39.3 Å². The fourth-order valence-corrected chi connectivity index (χ4v) is 1.68. The molecule has 0 aliphatic carbocycles. The molecular formula is C15H25ClIN3O. The summed E-state index contributed by atoms with van der Waals surface area (Å²) in [5, 5.41) is 7.27. The van der Waals surface area contributed by atoms with Crippen LogP contribution in [0.4, 0.5) is 0 Å². The predicted molar refractivity (Wildman–Crippen MR) is 101 cm³/mol. The Labute approximate surface area is 149 Å². The Bertz CT molecular complexity index is 425. The van der Waals surface area contributed by atoms with Crippen molar-refractivity contribution in [3.8, 4) is 5.75 Å². The molecular weight excluding hydrogens is 401 g/mol. The molecule has 0 radical (unpaired) electrons. The maximum atomic E-state index is 5.84. The lowest BCUT2D eigenvalue weighted by Crippen LogP contribution is -2.45. The van der Waals surface area contributed by atoms with Gasteiger partial charge in [0, 0.05) is 18.1 Å². The number of halogens is 2. The zero-order chi connectivity index (χ0) is 15.0. The van der Waals surface area contributed by atoms with Crippen molar-refractivity contribution in [2.75, 3.05) is 13.6 Å². The number of nitrogens with zero attached hydrogens (tertiary/aromatic N) is 1. The van der Waals surface area contributed by atoms with Crippen LogP contribution in [0.2, 0.25) is 5.02 Å². The van der Waals surface area contributed by atoms with Gasteiger partial charge in [0.15, 0.2) is 5.96 Å². The fourth-order valence-electron chi connectivity index (χ4n) is 1.56. The number of rotatable bonds is 6. The molecule has 4 nitrogen and oxygen atoms in total. The molecule has 0 aliphatic rings. The smallest absolute Gasteiger partial charge is 0.191 e. The lowest BCUT2D eigenvalue weighted by molar-refractivity contribution is 0.223. The molecule has 0 aromatic heterocycles. The molecule has 2 atom stereocenters. The Kier molecular flexibility index (Phi) is 10.6. The third-order valence-electron chi connectivity index (χ3n) is 2.93. The topological polar surface area (TPSA) is 45.7 Å². The van der Waals surface area contributed by atoms with Crippen LogP contribution in [0.25, 0.3) is 0 Å². The van der Waals surface area contributed by atoms with Gasteiger partial charge in [0.2, 0.25) is 0 Å². The van der Waals surface area contributed by atoms with Crippen LogP contribution >= 0.6 is 35.6 Å². The van der Waals surface area contributed by atoms with Crippen LogP contribution in [0.5, 0.6) is 5.75 Å². The summed E-state index contributed by atoms with van der Waals surface area (Å²) < 4.78 is 5.79. The molecule has 2 N–H and O–H groups in total. The van der Waals surface area contributed by atoms with E-state index in [0.717, 1.165) is 18.1 Å². The molecule has 0 saturated heterocycles. The van der Waals surface area contributed by atoms with E-state index in [1.165, 1.54) is 0 Å². The number of guanidine groups is 1. The van der Waals surface area contributed by atoms with Crippen molar-refractivity contribution in [2.24, 2.45) is 4.99 Å². The van der Waals surface area contributed by atoms with Crippen LogP contribution in [0.1, 0.15) is 27.2 Å². The summed E-state index contributed by atoms with van der Waals surface area (Å²) in [5.74, 6) is 1.61. The summed E-state index contributed by atoms with van der Waals surface area (Å²) in [6.45, 7) is 6.95. The summed E-state index contributed by atoms with van der Waals surface area (Å²) in [6, 6.07) is 7.77. The second kappa shape index (κ2) is 11.0. The first-order chi connectivity index (χ1) is 9.55. The highest BCUT2D eigenvalue weighted by Gasteiger charge is 2.07. The minimum absolute atomic E-state index is 0. The van der Waals surface area contributed by atoms with Gasteiger partial charge in [-0.05, 0) is 44.5 Å². The molecule has 1 aromatic carbocycles. The Morgan fingerprint density at radius 1 is 1.29 bits per heavy atom. The second-order valence-corrected chi connectivity index (χ2v) is 5.23. The van der Waals surface area contributed by atoms with Crippen molar-refractivity contribution >= 4 is 41.5 Å². The molecule has 0 amide bonds. The monoisotopic (exact) mass is 425 g/mol. The molecule has 2 unspecified atom stereocenters. The Morgan fingerprint density at radius 2 is 1.90 bits per heavy atom.